The van der Waals surface area contributed by atoms with Crippen molar-refractivity contribution in [3.05, 3.63) is 29.8 Å². The van der Waals surface area contributed by atoms with Gasteiger partial charge in [0.05, 0.1) is 13.7 Å². The Labute approximate surface area is 109 Å². The molecule has 0 aliphatic rings. The molecule has 1 aromatic carbocycles. The Kier molecular flexibility index (Phi) is 5.59. The van der Waals surface area contributed by atoms with E-state index in [2.05, 4.69) is 16.2 Å². The molecule has 4 nitrogen and oxygen atoms in total. The Morgan fingerprint density at radius 1 is 1.50 bits per heavy atom. The number of ether oxygens (including phenoxy) is 1. The lowest BCUT2D eigenvalue weighted by Gasteiger charge is -2.22. The molecule has 4 heteroatoms. The summed E-state index contributed by atoms with van der Waals surface area (Å²) in [5.41, 5.74) is 1.10. The van der Waals surface area contributed by atoms with Crippen LogP contribution >= 0.6 is 0 Å². The minimum Gasteiger partial charge on any atom is -0.496 e. The van der Waals surface area contributed by atoms with Gasteiger partial charge in [-0.15, -0.1) is 6.42 Å². The van der Waals surface area contributed by atoms with Crippen molar-refractivity contribution < 1.29 is 4.74 Å². The number of nitrogens with one attached hydrogen (secondary N) is 1. The maximum Gasteiger partial charge on any atom is 0.194 e. The lowest BCUT2D eigenvalue weighted by molar-refractivity contribution is 0.396. The molecule has 0 atom stereocenters. The highest BCUT2D eigenvalue weighted by Gasteiger charge is 2.08. The van der Waals surface area contributed by atoms with E-state index in [9.17, 15) is 0 Å². The second kappa shape index (κ2) is 7.23. The van der Waals surface area contributed by atoms with Crippen LogP contribution in [0.3, 0.4) is 0 Å². The third kappa shape index (κ3) is 3.70. The standard InChI is InChI=1S/C14H19N3O/c1-5-10-16-14(15-2)17(3)11-12-8-6-7-9-13(12)18-4/h1,6-9H,10-11H2,2-4H3,(H,15,16). The summed E-state index contributed by atoms with van der Waals surface area (Å²) < 4.78 is 5.32. The van der Waals surface area contributed by atoms with Crippen LogP contribution in [0.15, 0.2) is 29.3 Å². The number of hydrogen-bond acceptors (Lipinski definition) is 2. The highest BCUT2D eigenvalue weighted by atomic mass is 16.5. The number of rotatable bonds is 4. The van der Waals surface area contributed by atoms with Crippen molar-refractivity contribution in [3.8, 4) is 18.1 Å². The summed E-state index contributed by atoms with van der Waals surface area (Å²) in [6.07, 6.45) is 5.22. The van der Waals surface area contributed by atoms with Gasteiger partial charge in [0.2, 0.25) is 0 Å². The molecule has 18 heavy (non-hydrogen) atoms. The van der Waals surface area contributed by atoms with Crippen LogP contribution in [-0.4, -0.2) is 38.6 Å². The topological polar surface area (TPSA) is 36.9 Å². The number of terminal acetylenes is 1. The number of para-hydroxylation sites is 1. The molecule has 0 bridgehead atoms. The molecule has 1 rings (SSSR count). The normalized spacial score (nSPS) is 10.7. The molecule has 1 aromatic rings. The fraction of sp³-hybridized carbons (Fsp3) is 0.357. The van der Waals surface area contributed by atoms with Crippen molar-refractivity contribution in [3.63, 3.8) is 0 Å². The van der Waals surface area contributed by atoms with Crippen LogP contribution in [-0.2, 0) is 6.54 Å². The third-order valence-electron chi connectivity index (χ3n) is 2.52. The molecule has 0 amide bonds. The van der Waals surface area contributed by atoms with Gasteiger partial charge in [0.15, 0.2) is 5.96 Å². The second-order valence-electron chi connectivity index (χ2n) is 3.77. The smallest absolute Gasteiger partial charge is 0.194 e. The molecular weight excluding hydrogens is 226 g/mol. The number of hydrogen-bond donors (Lipinski definition) is 1. The molecule has 1 N–H and O–H groups in total. The van der Waals surface area contributed by atoms with Gasteiger partial charge < -0.3 is 15.0 Å². The van der Waals surface area contributed by atoms with Crippen molar-refractivity contribution in [1.29, 1.82) is 0 Å². The molecule has 0 fully saturated rings. The number of aliphatic imine (C=N–C) groups is 1. The molecule has 0 spiro atoms. The second-order valence-corrected chi connectivity index (χ2v) is 3.77. The molecule has 0 radical (unpaired) electrons. The lowest BCUT2D eigenvalue weighted by atomic mass is 10.2. The number of benzene rings is 1. The van der Waals surface area contributed by atoms with Crippen LogP contribution in [0.25, 0.3) is 0 Å². The van der Waals surface area contributed by atoms with Crippen molar-refractivity contribution in [1.82, 2.24) is 10.2 Å². The van der Waals surface area contributed by atoms with Gasteiger partial charge in [-0.05, 0) is 6.07 Å². The van der Waals surface area contributed by atoms with E-state index in [0.717, 1.165) is 17.3 Å². The Balaban J connectivity index is 2.74. The number of methoxy groups -OCH3 is 1. The van der Waals surface area contributed by atoms with Crippen LogP contribution in [0.2, 0.25) is 0 Å². The van der Waals surface area contributed by atoms with E-state index < -0.39 is 0 Å². The number of guanidine groups is 1. The SMILES string of the molecule is C#CCNC(=NC)N(C)Cc1ccccc1OC. The van der Waals surface area contributed by atoms with E-state index >= 15 is 0 Å². The van der Waals surface area contributed by atoms with Crippen LogP contribution in [0.4, 0.5) is 0 Å². The van der Waals surface area contributed by atoms with E-state index in [1.807, 2.05) is 36.2 Å². The zero-order chi connectivity index (χ0) is 13.4. The van der Waals surface area contributed by atoms with Crippen molar-refractivity contribution in [2.75, 3.05) is 27.7 Å². The Morgan fingerprint density at radius 3 is 2.83 bits per heavy atom. The van der Waals surface area contributed by atoms with E-state index in [0.29, 0.717) is 13.1 Å². The predicted molar refractivity (Wildman–Crippen MR) is 74.7 cm³/mol. The highest BCUT2D eigenvalue weighted by molar-refractivity contribution is 5.79. The van der Waals surface area contributed by atoms with E-state index in [4.69, 9.17) is 11.2 Å². The minimum atomic E-state index is 0.461. The predicted octanol–water partition coefficient (Wildman–Crippen LogP) is 1.34. The molecule has 96 valence electrons. The van der Waals surface area contributed by atoms with Gasteiger partial charge in [-0.3, -0.25) is 4.99 Å². The van der Waals surface area contributed by atoms with Gasteiger partial charge in [0.1, 0.15) is 5.75 Å². The molecule has 0 heterocycles. The summed E-state index contributed by atoms with van der Waals surface area (Å²) in [4.78, 5) is 6.17. The van der Waals surface area contributed by atoms with E-state index in [1.54, 1.807) is 14.2 Å². The maximum absolute atomic E-state index is 5.32. The van der Waals surface area contributed by atoms with Crippen LogP contribution in [0, 0.1) is 12.3 Å². The molecule has 0 unspecified atom stereocenters. The molecule has 0 aromatic heterocycles. The molecule has 0 aliphatic heterocycles. The average Bonchev–Trinajstić information content (AvgIpc) is 2.40. The first-order valence-electron chi connectivity index (χ1n) is 5.70. The van der Waals surface area contributed by atoms with Crippen LogP contribution < -0.4 is 10.1 Å². The largest absolute Gasteiger partial charge is 0.496 e. The van der Waals surface area contributed by atoms with Crippen molar-refractivity contribution in [2.24, 2.45) is 4.99 Å². The fourth-order valence-corrected chi connectivity index (χ4v) is 1.68. The molecular formula is C14H19N3O. The average molecular weight is 245 g/mol. The van der Waals surface area contributed by atoms with Gasteiger partial charge in [-0.1, -0.05) is 24.1 Å². The monoisotopic (exact) mass is 245 g/mol. The summed E-state index contributed by atoms with van der Waals surface area (Å²) >= 11 is 0. The van der Waals surface area contributed by atoms with Crippen LogP contribution in [0.1, 0.15) is 5.56 Å². The quantitative estimate of drug-likeness (QED) is 0.494. The minimum absolute atomic E-state index is 0.461. The highest BCUT2D eigenvalue weighted by Crippen LogP contribution is 2.18. The van der Waals surface area contributed by atoms with Crippen molar-refractivity contribution >= 4 is 5.96 Å². The number of nitrogens with zero attached hydrogens (tertiary/aromatic N) is 2. The first-order valence-corrected chi connectivity index (χ1v) is 5.70. The first-order chi connectivity index (χ1) is 8.72. The molecule has 0 aliphatic carbocycles. The lowest BCUT2D eigenvalue weighted by Crippen LogP contribution is -2.38. The third-order valence-corrected chi connectivity index (χ3v) is 2.52. The zero-order valence-electron chi connectivity index (χ0n) is 11.1. The van der Waals surface area contributed by atoms with E-state index in [1.165, 1.54) is 0 Å². The van der Waals surface area contributed by atoms with Gasteiger partial charge in [-0.25, -0.2) is 0 Å². The fourth-order valence-electron chi connectivity index (χ4n) is 1.68. The van der Waals surface area contributed by atoms with E-state index in [-0.39, 0.29) is 0 Å². The Hall–Kier alpha value is -2.15. The summed E-state index contributed by atoms with van der Waals surface area (Å²) in [7, 11) is 5.36. The van der Waals surface area contributed by atoms with Gasteiger partial charge in [0.25, 0.3) is 0 Å². The summed E-state index contributed by atoms with van der Waals surface area (Å²) in [6.45, 7) is 1.16. The Morgan fingerprint density at radius 2 is 2.22 bits per heavy atom. The Bertz CT molecular complexity index is 449. The zero-order valence-corrected chi connectivity index (χ0v) is 11.1. The summed E-state index contributed by atoms with van der Waals surface area (Å²) in [6, 6.07) is 7.92. The summed E-state index contributed by atoms with van der Waals surface area (Å²) in [5, 5.41) is 3.08. The summed E-state index contributed by atoms with van der Waals surface area (Å²) in [5.74, 6) is 4.17. The molecule has 0 saturated heterocycles. The maximum atomic E-state index is 5.32. The van der Waals surface area contributed by atoms with Gasteiger partial charge >= 0.3 is 0 Å². The van der Waals surface area contributed by atoms with Crippen LogP contribution in [0.5, 0.6) is 5.75 Å². The van der Waals surface area contributed by atoms with Gasteiger partial charge in [0, 0.05) is 26.2 Å². The van der Waals surface area contributed by atoms with Crippen molar-refractivity contribution in [2.45, 2.75) is 6.54 Å². The van der Waals surface area contributed by atoms with Gasteiger partial charge in [-0.2, -0.15) is 0 Å². The molecule has 0 saturated carbocycles. The first kappa shape index (κ1) is 13.9.